The number of halogens is 1. The van der Waals surface area contributed by atoms with E-state index in [-0.39, 0.29) is 18.9 Å². The first-order valence-corrected chi connectivity index (χ1v) is 6.76. The van der Waals surface area contributed by atoms with E-state index < -0.39 is 17.8 Å². The largest absolute Gasteiger partial charge is 0.493 e. The molecule has 0 unspecified atom stereocenters. The second-order valence-electron chi connectivity index (χ2n) is 4.77. The van der Waals surface area contributed by atoms with Gasteiger partial charge in [0.05, 0.1) is 13.0 Å². The highest BCUT2D eigenvalue weighted by Gasteiger charge is 2.30. The van der Waals surface area contributed by atoms with Crippen LogP contribution in [0.25, 0.3) is 0 Å². The Hall–Kier alpha value is -2.15. The fraction of sp³-hybridized carbons (Fsp3) is 0.429. The highest BCUT2D eigenvalue weighted by molar-refractivity contribution is 5.87. The number of nitrogens with one attached hydrogen (secondary N) is 1. The summed E-state index contributed by atoms with van der Waals surface area (Å²) in [5.41, 5.74) is 5.29. The van der Waals surface area contributed by atoms with Gasteiger partial charge in [0.2, 0.25) is 11.8 Å². The number of ether oxygens (including phenoxy) is 1. The van der Waals surface area contributed by atoms with Crippen molar-refractivity contribution < 1.29 is 18.7 Å². The van der Waals surface area contributed by atoms with Crippen molar-refractivity contribution in [2.24, 2.45) is 5.73 Å². The molecule has 1 aromatic rings. The summed E-state index contributed by atoms with van der Waals surface area (Å²) in [7, 11) is 0. The fourth-order valence-electron chi connectivity index (χ4n) is 2.21. The third-order valence-corrected chi connectivity index (χ3v) is 3.27. The van der Waals surface area contributed by atoms with Gasteiger partial charge in [0.25, 0.3) is 0 Å². The lowest BCUT2D eigenvalue weighted by Crippen LogP contribution is -2.58. The van der Waals surface area contributed by atoms with Crippen molar-refractivity contribution in [3.05, 3.63) is 30.1 Å². The van der Waals surface area contributed by atoms with Gasteiger partial charge in [-0.2, -0.15) is 0 Å². The molecule has 0 spiro atoms. The third-order valence-electron chi connectivity index (χ3n) is 3.27. The van der Waals surface area contributed by atoms with Crippen LogP contribution in [0.2, 0.25) is 0 Å². The Kier molecular flexibility index (Phi) is 5.10. The predicted molar refractivity (Wildman–Crippen MR) is 74.1 cm³/mol. The van der Waals surface area contributed by atoms with Gasteiger partial charge in [-0.1, -0.05) is 6.07 Å². The van der Waals surface area contributed by atoms with Gasteiger partial charge in [0, 0.05) is 25.7 Å². The van der Waals surface area contributed by atoms with Gasteiger partial charge in [-0.05, 0) is 12.1 Å². The number of hydrogen-bond donors (Lipinski definition) is 2. The van der Waals surface area contributed by atoms with Gasteiger partial charge in [-0.25, -0.2) is 4.39 Å². The molecular weight excluding hydrogens is 277 g/mol. The minimum absolute atomic E-state index is 0.111. The zero-order valence-corrected chi connectivity index (χ0v) is 11.5. The summed E-state index contributed by atoms with van der Waals surface area (Å²) in [6.45, 7) is 1.55. The molecule has 0 radical (unpaired) electrons. The minimum Gasteiger partial charge on any atom is -0.493 e. The van der Waals surface area contributed by atoms with E-state index in [0.29, 0.717) is 25.4 Å². The lowest BCUT2D eigenvalue weighted by Gasteiger charge is -2.34. The standard InChI is InChI=1S/C14H18FN3O3/c15-10-2-1-3-11(8-10)21-7-4-13(19)18-6-5-17-9-12(18)14(16)20/h1-3,8,12,17H,4-7,9H2,(H2,16,20)/t12-/m0/s1. The number of primary amides is 1. The Balaban J connectivity index is 1.84. The number of piperazine rings is 1. The average molecular weight is 295 g/mol. The summed E-state index contributed by atoms with van der Waals surface area (Å²) in [4.78, 5) is 24.9. The number of carbonyl (C=O) groups is 2. The van der Waals surface area contributed by atoms with Crippen LogP contribution in [0.5, 0.6) is 5.75 Å². The van der Waals surface area contributed by atoms with Crippen molar-refractivity contribution >= 4 is 11.8 Å². The summed E-state index contributed by atoms with van der Waals surface area (Å²) in [6.07, 6.45) is 0.111. The smallest absolute Gasteiger partial charge is 0.241 e. The lowest BCUT2D eigenvalue weighted by molar-refractivity contribution is -0.140. The van der Waals surface area contributed by atoms with E-state index >= 15 is 0 Å². The molecule has 1 aliphatic rings. The molecule has 0 aliphatic carbocycles. The molecule has 1 aliphatic heterocycles. The van der Waals surface area contributed by atoms with Crippen LogP contribution in [0, 0.1) is 5.82 Å². The number of benzene rings is 1. The zero-order chi connectivity index (χ0) is 15.2. The minimum atomic E-state index is -0.625. The molecule has 1 aromatic carbocycles. The molecule has 1 fully saturated rings. The number of rotatable bonds is 5. The van der Waals surface area contributed by atoms with Gasteiger partial charge in [0.1, 0.15) is 17.6 Å². The van der Waals surface area contributed by atoms with E-state index in [1.807, 2.05) is 0 Å². The maximum Gasteiger partial charge on any atom is 0.241 e. The molecule has 2 rings (SSSR count). The SMILES string of the molecule is NC(=O)[C@@H]1CNCCN1C(=O)CCOc1cccc(F)c1. The molecule has 114 valence electrons. The van der Waals surface area contributed by atoms with Gasteiger partial charge in [-0.3, -0.25) is 9.59 Å². The Morgan fingerprint density at radius 2 is 2.29 bits per heavy atom. The van der Waals surface area contributed by atoms with Crippen molar-refractivity contribution in [3.63, 3.8) is 0 Å². The van der Waals surface area contributed by atoms with Crippen LogP contribution in [0.1, 0.15) is 6.42 Å². The highest BCUT2D eigenvalue weighted by Crippen LogP contribution is 2.13. The number of carbonyl (C=O) groups excluding carboxylic acids is 2. The maximum absolute atomic E-state index is 13.0. The molecule has 0 saturated carbocycles. The van der Waals surface area contributed by atoms with E-state index in [4.69, 9.17) is 10.5 Å². The fourth-order valence-corrected chi connectivity index (χ4v) is 2.21. The van der Waals surface area contributed by atoms with E-state index in [1.54, 1.807) is 6.07 Å². The maximum atomic E-state index is 13.0. The molecule has 1 atom stereocenters. The highest BCUT2D eigenvalue weighted by atomic mass is 19.1. The van der Waals surface area contributed by atoms with Crippen LogP contribution in [-0.4, -0.2) is 49.0 Å². The molecule has 1 heterocycles. The van der Waals surface area contributed by atoms with Crippen LogP contribution in [-0.2, 0) is 9.59 Å². The molecule has 7 heteroatoms. The van der Waals surface area contributed by atoms with E-state index in [1.165, 1.54) is 23.1 Å². The van der Waals surface area contributed by atoms with Gasteiger partial charge in [-0.15, -0.1) is 0 Å². The zero-order valence-electron chi connectivity index (χ0n) is 11.5. The van der Waals surface area contributed by atoms with Crippen LogP contribution in [0.3, 0.4) is 0 Å². The second kappa shape index (κ2) is 7.03. The van der Waals surface area contributed by atoms with Crippen molar-refractivity contribution in [1.29, 1.82) is 0 Å². The Labute approximate surface area is 122 Å². The van der Waals surface area contributed by atoms with Crippen molar-refractivity contribution in [2.45, 2.75) is 12.5 Å². The first-order valence-electron chi connectivity index (χ1n) is 6.76. The summed E-state index contributed by atoms with van der Waals surface area (Å²) in [5, 5.41) is 3.02. The quantitative estimate of drug-likeness (QED) is 0.793. The first kappa shape index (κ1) is 15.2. The van der Waals surface area contributed by atoms with Gasteiger partial charge >= 0.3 is 0 Å². The molecule has 3 N–H and O–H groups in total. The molecule has 21 heavy (non-hydrogen) atoms. The topological polar surface area (TPSA) is 84.7 Å². The van der Waals surface area contributed by atoms with Crippen molar-refractivity contribution in [2.75, 3.05) is 26.2 Å². The summed E-state index contributed by atoms with van der Waals surface area (Å²) in [5.74, 6) is -0.748. The van der Waals surface area contributed by atoms with E-state index in [9.17, 15) is 14.0 Å². The Morgan fingerprint density at radius 1 is 1.48 bits per heavy atom. The Morgan fingerprint density at radius 3 is 3.00 bits per heavy atom. The van der Waals surface area contributed by atoms with Crippen LogP contribution >= 0.6 is 0 Å². The molecule has 0 aromatic heterocycles. The van der Waals surface area contributed by atoms with Crippen LogP contribution in [0.15, 0.2) is 24.3 Å². The second-order valence-corrected chi connectivity index (χ2v) is 4.77. The van der Waals surface area contributed by atoms with E-state index in [2.05, 4.69) is 5.32 Å². The van der Waals surface area contributed by atoms with Crippen LogP contribution in [0.4, 0.5) is 4.39 Å². The summed E-state index contributed by atoms with van der Waals surface area (Å²) >= 11 is 0. The van der Waals surface area contributed by atoms with Crippen molar-refractivity contribution in [1.82, 2.24) is 10.2 Å². The molecule has 2 amide bonds. The van der Waals surface area contributed by atoms with Gasteiger partial charge < -0.3 is 20.7 Å². The molecular formula is C14H18FN3O3. The summed E-state index contributed by atoms with van der Waals surface area (Å²) in [6, 6.07) is 5.09. The number of nitrogens with zero attached hydrogens (tertiary/aromatic N) is 1. The third kappa shape index (κ3) is 4.16. The Bertz CT molecular complexity index is 524. The number of nitrogens with two attached hydrogens (primary N) is 1. The molecule has 1 saturated heterocycles. The van der Waals surface area contributed by atoms with E-state index in [0.717, 1.165) is 0 Å². The molecule has 0 bridgehead atoms. The predicted octanol–water partition coefficient (Wildman–Crippen LogP) is -0.120. The monoisotopic (exact) mass is 295 g/mol. The van der Waals surface area contributed by atoms with Gasteiger partial charge in [0.15, 0.2) is 0 Å². The number of hydrogen-bond acceptors (Lipinski definition) is 4. The average Bonchev–Trinajstić information content (AvgIpc) is 2.47. The lowest BCUT2D eigenvalue weighted by atomic mass is 10.1. The summed E-state index contributed by atoms with van der Waals surface area (Å²) < 4.78 is 18.3. The number of amides is 2. The van der Waals surface area contributed by atoms with Crippen LogP contribution < -0.4 is 15.8 Å². The normalized spacial score (nSPS) is 18.3. The molecule has 6 nitrogen and oxygen atoms in total. The van der Waals surface area contributed by atoms with Crippen molar-refractivity contribution in [3.8, 4) is 5.75 Å². The first-order chi connectivity index (χ1) is 10.1.